The summed E-state index contributed by atoms with van der Waals surface area (Å²) < 4.78 is 33.4. The van der Waals surface area contributed by atoms with Crippen LogP contribution in [-0.4, -0.2) is 25.4 Å². The number of fused-ring (bicyclic) bond motifs is 1. The largest absolute Gasteiger partial charge is 0.497 e. The molecule has 0 aliphatic rings. The molecule has 0 unspecified atom stereocenters. The second-order valence-electron chi connectivity index (χ2n) is 10.1. The highest BCUT2D eigenvalue weighted by atomic mass is 32.2. The van der Waals surface area contributed by atoms with Crippen LogP contribution in [0.25, 0.3) is 17.0 Å². The lowest BCUT2D eigenvalue weighted by Crippen LogP contribution is -2.14. The van der Waals surface area contributed by atoms with Crippen LogP contribution in [0.2, 0.25) is 0 Å². The van der Waals surface area contributed by atoms with Crippen LogP contribution in [0.3, 0.4) is 0 Å². The third kappa shape index (κ3) is 5.94. The minimum atomic E-state index is -3.71. The molecule has 4 aromatic rings. The maximum Gasteiger partial charge on any atom is 0.251 e. The van der Waals surface area contributed by atoms with Crippen LogP contribution in [0.15, 0.2) is 84.6 Å². The Labute approximate surface area is 218 Å². The van der Waals surface area contributed by atoms with Gasteiger partial charge in [0.05, 0.1) is 18.4 Å². The molecule has 0 saturated heterocycles. The van der Waals surface area contributed by atoms with Crippen molar-refractivity contribution in [3.63, 3.8) is 0 Å². The summed E-state index contributed by atoms with van der Waals surface area (Å²) in [7, 11) is -2.15. The third-order valence-corrected chi connectivity index (χ3v) is 7.84. The van der Waals surface area contributed by atoms with Gasteiger partial charge in [0, 0.05) is 28.4 Å². The SMILES string of the molecule is COc1ccc2c(c1)c(/C=C(\C)C(=O)Nc1ccc(C(C)(C)C)cc1)cn2S(=O)(=O)Cc1ccccc1. The highest BCUT2D eigenvalue weighted by Gasteiger charge is 2.20. The average Bonchev–Trinajstić information content (AvgIpc) is 3.22. The van der Waals surface area contributed by atoms with E-state index >= 15 is 0 Å². The number of carbonyl (C=O) groups is 1. The van der Waals surface area contributed by atoms with Crippen molar-refractivity contribution in [2.75, 3.05) is 12.4 Å². The van der Waals surface area contributed by atoms with Gasteiger partial charge in [0.2, 0.25) is 10.0 Å². The molecular weight excluding hydrogens is 484 g/mol. The Morgan fingerprint density at radius 3 is 2.30 bits per heavy atom. The number of nitrogens with one attached hydrogen (secondary N) is 1. The van der Waals surface area contributed by atoms with Crippen molar-refractivity contribution in [3.05, 3.63) is 101 Å². The minimum Gasteiger partial charge on any atom is -0.497 e. The number of carbonyl (C=O) groups excluding carboxylic acids is 1. The quantitative estimate of drug-likeness (QED) is 0.290. The lowest BCUT2D eigenvalue weighted by molar-refractivity contribution is -0.112. The Balaban J connectivity index is 1.68. The fourth-order valence-electron chi connectivity index (χ4n) is 4.11. The van der Waals surface area contributed by atoms with Gasteiger partial charge in [0.15, 0.2) is 0 Å². The maximum atomic E-state index is 13.4. The van der Waals surface area contributed by atoms with E-state index < -0.39 is 10.0 Å². The molecule has 1 N–H and O–H groups in total. The molecule has 7 heteroatoms. The number of amides is 1. The van der Waals surface area contributed by atoms with Crippen LogP contribution in [0, 0.1) is 0 Å². The van der Waals surface area contributed by atoms with Gasteiger partial charge in [-0.1, -0.05) is 63.2 Å². The Morgan fingerprint density at radius 1 is 1.00 bits per heavy atom. The lowest BCUT2D eigenvalue weighted by atomic mass is 9.87. The number of rotatable bonds is 7. The van der Waals surface area contributed by atoms with Crippen LogP contribution >= 0.6 is 0 Å². The minimum absolute atomic E-state index is 0.0223. The molecule has 0 spiro atoms. The van der Waals surface area contributed by atoms with E-state index in [1.54, 1.807) is 56.6 Å². The van der Waals surface area contributed by atoms with Gasteiger partial charge in [-0.05, 0) is 59.9 Å². The van der Waals surface area contributed by atoms with E-state index in [0.717, 1.165) is 0 Å². The fourth-order valence-corrected chi connectivity index (χ4v) is 5.60. The van der Waals surface area contributed by atoms with E-state index in [4.69, 9.17) is 4.74 Å². The van der Waals surface area contributed by atoms with Gasteiger partial charge in [-0.3, -0.25) is 4.79 Å². The fraction of sp³-hybridized carbons (Fsp3) is 0.233. The summed E-state index contributed by atoms with van der Waals surface area (Å²) >= 11 is 0. The first-order valence-electron chi connectivity index (χ1n) is 12.0. The molecule has 6 nitrogen and oxygen atoms in total. The average molecular weight is 517 g/mol. The summed E-state index contributed by atoms with van der Waals surface area (Å²) in [6.07, 6.45) is 3.27. The van der Waals surface area contributed by atoms with Crippen LogP contribution in [0.5, 0.6) is 5.75 Å². The number of nitrogens with zero attached hydrogens (tertiary/aromatic N) is 1. The molecule has 0 aliphatic heterocycles. The first kappa shape index (κ1) is 26.2. The van der Waals surface area contributed by atoms with E-state index in [1.165, 1.54) is 9.54 Å². The van der Waals surface area contributed by atoms with Crippen molar-refractivity contribution in [3.8, 4) is 5.75 Å². The summed E-state index contributed by atoms with van der Waals surface area (Å²) in [4.78, 5) is 13.0. The molecule has 0 radical (unpaired) electrons. The smallest absolute Gasteiger partial charge is 0.251 e. The molecule has 4 rings (SSSR count). The highest BCUT2D eigenvalue weighted by Crippen LogP contribution is 2.30. The zero-order valence-electron chi connectivity index (χ0n) is 21.8. The van der Waals surface area contributed by atoms with Crippen molar-refractivity contribution in [1.82, 2.24) is 3.97 Å². The molecule has 0 atom stereocenters. The van der Waals surface area contributed by atoms with Gasteiger partial charge in [0.1, 0.15) is 5.75 Å². The van der Waals surface area contributed by atoms with Crippen LogP contribution in [-0.2, 0) is 26.0 Å². The second kappa shape index (κ2) is 10.3. The monoisotopic (exact) mass is 516 g/mol. The van der Waals surface area contributed by atoms with Crippen molar-refractivity contribution in [1.29, 1.82) is 0 Å². The molecule has 37 heavy (non-hydrogen) atoms. The van der Waals surface area contributed by atoms with Gasteiger partial charge in [-0.15, -0.1) is 0 Å². The molecule has 1 aromatic heterocycles. The van der Waals surface area contributed by atoms with Crippen LogP contribution in [0.1, 0.15) is 44.4 Å². The van der Waals surface area contributed by atoms with E-state index in [-0.39, 0.29) is 17.1 Å². The Hall–Kier alpha value is -3.84. The van der Waals surface area contributed by atoms with Crippen molar-refractivity contribution in [2.24, 2.45) is 0 Å². The second-order valence-corrected chi connectivity index (χ2v) is 12.0. The summed E-state index contributed by atoms with van der Waals surface area (Å²) in [5, 5.41) is 3.60. The zero-order valence-corrected chi connectivity index (χ0v) is 22.6. The molecule has 0 fully saturated rings. The van der Waals surface area contributed by atoms with Crippen LogP contribution < -0.4 is 10.1 Å². The van der Waals surface area contributed by atoms with Gasteiger partial charge >= 0.3 is 0 Å². The van der Waals surface area contributed by atoms with Gasteiger partial charge in [-0.2, -0.15) is 0 Å². The predicted molar refractivity (Wildman–Crippen MR) is 150 cm³/mol. The number of benzene rings is 3. The number of hydrogen-bond donors (Lipinski definition) is 1. The summed E-state index contributed by atoms with van der Waals surface area (Å²) in [5.41, 5.74) is 4.17. The first-order chi connectivity index (χ1) is 17.5. The Bertz CT molecular complexity index is 1560. The number of aromatic nitrogens is 1. The predicted octanol–water partition coefficient (Wildman–Crippen LogP) is 6.37. The number of methoxy groups -OCH3 is 1. The topological polar surface area (TPSA) is 77.4 Å². The van der Waals surface area contributed by atoms with E-state index in [0.29, 0.717) is 39.0 Å². The van der Waals surface area contributed by atoms with Crippen molar-refractivity contribution < 1.29 is 17.9 Å². The number of hydrogen-bond acceptors (Lipinski definition) is 4. The van der Waals surface area contributed by atoms with E-state index in [9.17, 15) is 13.2 Å². The van der Waals surface area contributed by atoms with E-state index in [2.05, 4.69) is 26.1 Å². The lowest BCUT2D eigenvalue weighted by Gasteiger charge is -2.19. The normalized spacial score (nSPS) is 12.5. The van der Waals surface area contributed by atoms with Gasteiger partial charge < -0.3 is 10.1 Å². The van der Waals surface area contributed by atoms with Gasteiger partial charge in [-0.25, -0.2) is 12.4 Å². The molecule has 0 bridgehead atoms. The molecule has 1 heterocycles. The summed E-state index contributed by atoms with van der Waals surface area (Å²) in [6, 6.07) is 22.1. The highest BCUT2D eigenvalue weighted by molar-refractivity contribution is 7.89. The standard InChI is InChI=1S/C30H32N2O4S/c1-21(29(33)31-25-13-11-24(12-14-25)30(2,3)4)17-23-19-32(28-16-15-26(36-5)18-27(23)28)37(34,35)20-22-9-7-6-8-10-22/h6-19H,20H2,1-5H3,(H,31,33)/b21-17+. The first-order valence-corrected chi connectivity index (χ1v) is 13.7. The maximum absolute atomic E-state index is 13.4. The molecule has 192 valence electrons. The number of anilines is 1. The van der Waals surface area contributed by atoms with E-state index in [1.807, 2.05) is 42.5 Å². The van der Waals surface area contributed by atoms with Gasteiger partial charge in [0.25, 0.3) is 5.91 Å². The molecule has 0 saturated carbocycles. The molecule has 1 amide bonds. The molecule has 3 aromatic carbocycles. The summed E-state index contributed by atoms with van der Waals surface area (Å²) in [5.74, 6) is 0.192. The third-order valence-electron chi connectivity index (χ3n) is 6.24. The molecule has 0 aliphatic carbocycles. The van der Waals surface area contributed by atoms with Crippen molar-refractivity contribution in [2.45, 2.75) is 38.9 Å². The Kier molecular flexibility index (Phi) is 7.28. The van der Waals surface area contributed by atoms with Crippen LogP contribution in [0.4, 0.5) is 5.69 Å². The zero-order chi connectivity index (χ0) is 26.8. The van der Waals surface area contributed by atoms with Crippen molar-refractivity contribution >= 4 is 38.6 Å². The number of ether oxygens (including phenoxy) is 1. The Morgan fingerprint density at radius 2 is 1.68 bits per heavy atom. The summed E-state index contributed by atoms with van der Waals surface area (Å²) in [6.45, 7) is 8.12. The molecular formula is C30H32N2O4S.